The molecule has 22 heavy (non-hydrogen) atoms. The molecule has 0 aliphatic carbocycles. The molecule has 0 aromatic heterocycles. The first-order valence-electron chi connectivity index (χ1n) is 5.15. The van der Waals surface area contributed by atoms with E-state index in [1.54, 1.807) is 0 Å². The number of carboxylic acids is 1. The van der Waals surface area contributed by atoms with E-state index in [0.29, 0.717) is 12.1 Å². The minimum Gasteiger partial charge on any atom is -0.478 e. The molecule has 1 aromatic carbocycles. The number of rotatable bonds is 5. The molecule has 0 unspecified atom stereocenters. The third-order valence-corrected chi connectivity index (χ3v) is 2.23. The highest BCUT2D eigenvalue weighted by Gasteiger charge is 2.28. The van der Waals surface area contributed by atoms with Crippen molar-refractivity contribution in [2.45, 2.75) is 0 Å². The molecule has 0 radical (unpaired) electrons. The Morgan fingerprint density at radius 2 is 1.64 bits per heavy atom. The summed E-state index contributed by atoms with van der Waals surface area (Å²) in [6.45, 7) is 0. The normalized spacial score (nSPS) is 9.00. The van der Waals surface area contributed by atoms with Crippen molar-refractivity contribution >= 4 is 28.7 Å². The number of nitro groups is 2. The van der Waals surface area contributed by atoms with Crippen LogP contribution in [0.1, 0.15) is 10.4 Å². The second kappa shape index (κ2) is 6.40. The van der Waals surface area contributed by atoms with Gasteiger partial charge in [-0.1, -0.05) is 0 Å². The van der Waals surface area contributed by atoms with Crippen molar-refractivity contribution in [1.82, 2.24) is 0 Å². The largest absolute Gasteiger partial charge is 0.478 e. The van der Waals surface area contributed by atoms with Crippen molar-refractivity contribution in [2.75, 3.05) is 5.43 Å². The van der Waals surface area contributed by atoms with Crippen LogP contribution < -0.4 is 5.43 Å². The first kappa shape index (κ1) is 16.0. The van der Waals surface area contributed by atoms with Crippen molar-refractivity contribution in [2.24, 2.45) is 5.10 Å². The summed E-state index contributed by atoms with van der Waals surface area (Å²) in [5, 5.41) is 50.8. The van der Waals surface area contributed by atoms with Crippen LogP contribution in [0.4, 0.5) is 17.1 Å². The number of nitro benzene ring substituents is 2. The molecule has 110 valence electrons. The lowest BCUT2D eigenvalue weighted by Crippen LogP contribution is -2.06. The SMILES string of the molecule is N#CC(C#N)=NNc1c([N+](=O)[O-])cc(C(=O)O)cc1[N+](=O)[O-]. The highest BCUT2D eigenvalue weighted by atomic mass is 16.6. The zero-order valence-corrected chi connectivity index (χ0v) is 10.4. The Morgan fingerprint density at radius 1 is 1.18 bits per heavy atom. The summed E-state index contributed by atoms with van der Waals surface area (Å²) in [5.74, 6) is -1.60. The second-order valence-electron chi connectivity index (χ2n) is 3.50. The summed E-state index contributed by atoms with van der Waals surface area (Å²) in [6.07, 6.45) is 0. The summed E-state index contributed by atoms with van der Waals surface area (Å²) >= 11 is 0. The topological polar surface area (TPSA) is 196 Å². The summed E-state index contributed by atoms with van der Waals surface area (Å²) < 4.78 is 0. The minimum absolute atomic E-state index is 0.589. The maximum absolute atomic E-state index is 10.9. The highest BCUT2D eigenvalue weighted by Crippen LogP contribution is 2.35. The average Bonchev–Trinajstić information content (AvgIpc) is 2.47. The quantitative estimate of drug-likeness (QED) is 0.453. The summed E-state index contributed by atoms with van der Waals surface area (Å²) in [6, 6.07) is 3.86. The van der Waals surface area contributed by atoms with E-state index in [1.165, 1.54) is 12.1 Å². The van der Waals surface area contributed by atoms with Gasteiger partial charge in [0.05, 0.1) is 15.4 Å². The van der Waals surface area contributed by atoms with E-state index < -0.39 is 44.2 Å². The van der Waals surface area contributed by atoms with Gasteiger partial charge in [-0.2, -0.15) is 15.6 Å². The standard InChI is InChI=1S/C10H4N6O6/c11-3-6(4-12)13-14-9-7(15(19)20)1-5(10(17)18)2-8(9)16(21)22/h1-2,14H,(H,17,18). The van der Waals surface area contributed by atoms with Crippen molar-refractivity contribution < 1.29 is 19.7 Å². The van der Waals surface area contributed by atoms with E-state index in [2.05, 4.69) is 5.10 Å². The maximum Gasteiger partial charge on any atom is 0.336 e. The summed E-state index contributed by atoms with van der Waals surface area (Å²) in [7, 11) is 0. The molecule has 1 aromatic rings. The number of hydrogen-bond donors (Lipinski definition) is 2. The van der Waals surface area contributed by atoms with Crippen LogP contribution in [0.2, 0.25) is 0 Å². The number of nitrogens with zero attached hydrogens (tertiary/aromatic N) is 5. The average molecular weight is 304 g/mol. The smallest absolute Gasteiger partial charge is 0.336 e. The molecule has 0 fully saturated rings. The molecule has 0 atom stereocenters. The number of benzene rings is 1. The molecule has 0 heterocycles. The molecule has 0 aliphatic heterocycles. The number of aromatic carboxylic acids is 1. The van der Waals surface area contributed by atoms with Gasteiger partial charge in [-0.05, 0) is 0 Å². The third-order valence-electron chi connectivity index (χ3n) is 2.23. The third kappa shape index (κ3) is 3.28. The van der Waals surface area contributed by atoms with Crippen molar-refractivity contribution in [3.05, 3.63) is 37.9 Å². The molecular formula is C10H4N6O6. The zero-order chi connectivity index (χ0) is 16.9. The molecular weight excluding hydrogens is 300 g/mol. The van der Waals surface area contributed by atoms with Crippen LogP contribution in [-0.4, -0.2) is 26.6 Å². The molecule has 0 saturated heterocycles. The van der Waals surface area contributed by atoms with Gasteiger partial charge < -0.3 is 5.11 Å². The van der Waals surface area contributed by atoms with E-state index in [9.17, 15) is 25.0 Å². The first-order valence-corrected chi connectivity index (χ1v) is 5.15. The molecule has 2 N–H and O–H groups in total. The van der Waals surface area contributed by atoms with Crippen LogP contribution in [0, 0.1) is 42.9 Å². The van der Waals surface area contributed by atoms with Gasteiger partial charge in [-0.3, -0.25) is 25.7 Å². The Balaban J connectivity index is 3.60. The van der Waals surface area contributed by atoms with E-state index in [-0.39, 0.29) is 0 Å². The molecule has 0 saturated carbocycles. The van der Waals surface area contributed by atoms with Crippen molar-refractivity contribution in [1.29, 1.82) is 10.5 Å². The number of carbonyl (C=O) groups is 1. The lowest BCUT2D eigenvalue weighted by Gasteiger charge is -2.04. The fourth-order valence-electron chi connectivity index (χ4n) is 1.32. The second-order valence-corrected chi connectivity index (χ2v) is 3.50. The van der Waals surface area contributed by atoms with Crippen LogP contribution in [0.25, 0.3) is 0 Å². The molecule has 0 bridgehead atoms. The number of carboxylic acid groups (broad SMARTS) is 1. The van der Waals surface area contributed by atoms with Gasteiger partial charge in [0.25, 0.3) is 0 Å². The van der Waals surface area contributed by atoms with E-state index >= 15 is 0 Å². The molecule has 0 spiro atoms. The molecule has 0 amide bonds. The lowest BCUT2D eigenvalue weighted by atomic mass is 10.1. The Bertz CT molecular complexity index is 735. The number of hydrogen-bond acceptors (Lipinski definition) is 9. The van der Waals surface area contributed by atoms with E-state index in [0.717, 1.165) is 0 Å². The summed E-state index contributed by atoms with van der Waals surface area (Å²) in [5.41, 5.74) is -2.15. The van der Waals surface area contributed by atoms with Crippen LogP contribution >= 0.6 is 0 Å². The molecule has 12 heteroatoms. The fraction of sp³-hybridized carbons (Fsp3) is 0. The van der Waals surface area contributed by atoms with Gasteiger partial charge in [-0.15, -0.1) is 0 Å². The predicted molar refractivity (Wildman–Crippen MR) is 69.0 cm³/mol. The lowest BCUT2D eigenvalue weighted by molar-refractivity contribution is -0.392. The van der Waals surface area contributed by atoms with Crippen LogP contribution in [0.15, 0.2) is 17.2 Å². The van der Waals surface area contributed by atoms with Crippen molar-refractivity contribution in [3.63, 3.8) is 0 Å². The van der Waals surface area contributed by atoms with Gasteiger partial charge in [0.2, 0.25) is 11.4 Å². The van der Waals surface area contributed by atoms with Gasteiger partial charge >= 0.3 is 17.3 Å². The van der Waals surface area contributed by atoms with E-state index in [1.807, 2.05) is 5.43 Å². The maximum atomic E-state index is 10.9. The highest BCUT2D eigenvalue weighted by molar-refractivity contribution is 6.10. The van der Waals surface area contributed by atoms with Crippen LogP contribution in [0.5, 0.6) is 0 Å². The predicted octanol–water partition coefficient (Wildman–Crippen LogP) is 1.02. The molecule has 12 nitrogen and oxygen atoms in total. The minimum atomic E-state index is -1.60. The monoisotopic (exact) mass is 304 g/mol. The first-order chi connectivity index (χ1) is 10.3. The molecule has 0 aliphatic rings. The van der Waals surface area contributed by atoms with Gasteiger partial charge in [0.15, 0.2) is 0 Å². The Labute approximate surface area is 120 Å². The molecule has 1 rings (SSSR count). The number of anilines is 1. The van der Waals surface area contributed by atoms with E-state index in [4.69, 9.17) is 15.6 Å². The number of hydrazone groups is 1. The number of nitrogens with one attached hydrogen (secondary N) is 1. The van der Waals surface area contributed by atoms with Crippen molar-refractivity contribution in [3.8, 4) is 12.1 Å². The van der Waals surface area contributed by atoms with Gasteiger partial charge in [0, 0.05) is 12.1 Å². The Kier molecular flexibility index (Phi) is 4.65. The van der Waals surface area contributed by atoms with Gasteiger partial charge in [-0.25, -0.2) is 4.79 Å². The van der Waals surface area contributed by atoms with Gasteiger partial charge in [0.1, 0.15) is 12.1 Å². The Morgan fingerprint density at radius 3 is 1.95 bits per heavy atom. The number of nitriles is 2. The fourth-order valence-corrected chi connectivity index (χ4v) is 1.32. The van der Waals surface area contributed by atoms with Crippen LogP contribution in [0.3, 0.4) is 0 Å². The Hall–Kier alpha value is -4.06. The van der Waals surface area contributed by atoms with Crippen LogP contribution in [-0.2, 0) is 0 Å². The summed E-state index contributed by atoms with van der Waals surface area (Å²) in [4.78, 5) is 30.6. The zero-order valence-electron chi connectivity index (χ0n) is 10.4.